The summed E-state index contributed by atoms with van der Waals surface area (Å²) in [4.78, 5) is 23.9. The van der Waals surface area contributed by atoms with Crippen LogP contribution in [0.4, 0.5) is 0 Å². The van der Waals surface area contributed by atoms with Crippen LogP contribution in [0.15, 0.2) is 48.6 Å². The molecule has 6 nitrogen and oxygen atoms in total. The molecule has 0 saturated carbocycles. The van der Waals surface area contributed by atoms with Gasteiger partial charge in [-0.05, 0) is 47.5 Å². The molecule has 2 aromatic carbocycles. The molecule has 2 aromatic rings. The van der Waals surface area contributed by atoms with Crippen LogP contribution in [0.3, 0.4) is 0 Å². The first-order chi connectivity index (χ1) is 12.9. The Morgan fingerprint density at radius 3 is 1.57 bits per heavy atom. The molecule has 0 amide bonds. The van der Waals surface area contributed by atoms with Crippen LogP contribution >= 0.6 is 0 Å². The van der Waals surface area contributed by atoms with Gasteiger partial charge in [0.1, 0.15) is 0 Å². The number of aromatic hydroxyl groups is 2. The minimum Gasteiger partial charge on any atom is -0.504 e. The summed E-state index contributed by atoms with van der Waals surface area (Å²) in [7, 11) is 2.87. The molecule has 2 N–H and O–H groups in total. The van der Waals surface area contributed by atoms with E-state index in [4.69, 9.17) is 9.47 Å². The van der Waals surface area contributed by atoms with Crippen molar-refractivity contribution < 1.29 is 45.8 Å². The van der Waals surface area contributed by atoms with Crippen LogP contribution in [-0.4, -0.2) is 36.0 Å². The summed E-state index contributed by atoms with van der Waals surface area (Å²) in [6.07, 6.45) is 5.44. The number of ketones is 2. The topological polar surface area (TPSA) is 93.1 Å². The summed E-state index contributed by atoms with van der Waals surface area (Å²) >= 11 is 0. The van der Waals surface area contributed by atoms with Gasteiger partial charge in [-0.15, -0.1) is 0 Å². The van der Waals surface area contributed by atoms with Gasteiger partial charge in [0.15, 0.2) is 34.6 Å². The number of hydrogen-bond donors (Lipinski definition) is 2. The molecule has 0 saturated heterocycles. The molecule has 0 bridgehead atoms. The van der Waals surface area contributed by atoms with Crippen molar-refractivity contribution in [2.45, 2.75) is 6.42 Å². The van der Waals surface area contributed by atoms with Crippen molar-refractivity contribution in [2.75, 3.05) is 14.2 Å². The molecule has 0 radical (unpaired) electrons. The number of allylic oxidation sites excluding steroid dienone is 2. The van der Waals surface area contributed by atoms with E-state index in [9.17, 15) is 19.8 Å². The van der Waals surface area contributed by atoms with Gasteiger partial charge in [0.2, 0.25) is 0 Å². The van der Waals surface area contributed by atoms with E-state index in [-0.39, 0.29) is 46.0 Å². The molecule has 0 aliphatic heterocycles. The molecule has 0 fully saturated rings. The number of methoxy groups -OCH3 is 2. The average Bonchev–Trinajstić information content (AvgIpc) is 2.66. The summed E-state index contributed by atoms with van der Waals surface area (Å²) in [6.45, 7) is 0. The van der Waals surface area contributed by atoms with Gasteiger partial charge < -0.3 is 19.7 Å². The molecule has 0 aliphatic rings. The molecular weight excluding hydrogens is 407 g/mol. The monoisotopic (exact) mass is 426 g/mol. The first kappa shape index (κ1) is 23.0. The Bertz CT molecular complexity index is 828. The second kappa shape index (κ2) is 10.9. The van der Waals surface area contributed by atoms with Gasteiger partial charge >= 0.3 is 0 Å². The fraction of sp³-hybridized carbons (Fsp3) is 0.143. The summed E-state index contributed by atoms with van der Waals surface area (Å²) in [5, 5.41) is 19.1. The fourth-order valence-corrected chi connectivity index (χ4v) is 2.26. The van der Waals surface area contributed by atoms with Crippen LogP contribution in [0.2, 0.25) is 0 Å². The molecule has 0 spiro atoms. The van der Waals surface area contributed by atoms with E-state index in [0.29, 0.717) is 22.6 Å². The van der Waals surface area contributed by atoms with Gasteiger partial charge in [0.25, 0.3) is 0 Å². The molecular formula is C21H20NiO6. The average molecular weight is 427 g/mol. The number of rotatable bonds is 8. The zero-order chi connectivity index (χ0) is 19.8. The smallest absolute Gasteiger partial charge is 0.163 e. The Labute approximate surface area is 173 Å². The second-order valence-electron chi connectivity index (χ2n) is 5.64. The number of benzene rings is 2. The maximum absolute atomic E-state index is 11.9. The second-order valence-corrected chi connectivity index (χ2v) is 5.64. The van der Waals surface area contributed by atoms with Crippen molar-refractivity contribution in [3.63, 3.8) is 0 Å². The van der Waals surface area contributed by atoms with Crippen LogP contribution in [-0.2, 0) is 26.1 Å². The van der Waals surface area contributed by atoms with E-state index in [2.05, 4.69) is 0 Å². The molecule has 0 heterocycles. The summed E-state index contributed by atoms with van der Waals surface area (Å²) in [6, 6.07) is 9.34. The Kier molecular flexibility index (Phi) is 8.99. The predicted molar refractivity (Wildman–Crippen MR) is 102 cm³/mol. The molecule has 0 aliphatic carbocycles. The van der Waals surface area contributed by atoms with Crippen molar-refractivity contribution in [3.05, 3.63) is 59.7 Å². The minimum atomic E-state index is -0.347. The van der Waals surface area contributed by atoms with Crippen molar-refractivity contribution in [2.24, 2.45) is 0 Å². The Balaban J connectivity index is 0.00000392. The number of ether oxygens (including phenoxy) is 2. The zero-order valence-electron chi connectivity index (χ0n) is 15.3. The first-order valence-electron chi connectivity index (χ1n) is 8.08. The maximum Gasteiger partial charge on any atom is 0.163 e. The van der Waals surface area contributed by atoms with E-state index in [0.717, 1.165) is 0 Å². The normalized spacial score (nSPS) is 10.6. The van der Waals surface area contributed by atoms with Gasteiger partial charge in [0, 0.05) is 16.5 Å². The van der Waals surface area contributed by atoms with E-state index >= 15 is 0 Å². The number of phenolic OH excluding ortho intramolecular Hbond substituents is 2. The van der Waals surface area contributed by atoms with E-state index in [1.54, 1.807) is 36.4 Å². The fourth-order valence-electron chi connectivity index (χ4n) is 2.26. The summed E-state index contributed by atoms with van der Waals surface area (Å²) in [5.41, 5.74) is 1.33. The van der Waals surface area contributed by atoms with Crippen LogP contribution in [0.25, 0.3) is 12.2 Å². The minimum absolute atomic E-state index is 0. The zero-order valence-corrected chi connectivity index (χ0v) is 16.3. The Morgan fingerprint density at radius 2 is 1.21 bits per heavy atom. The van der Waals surface area contributed by atoms with E-state index in [1.165, 1.54) is 38.5 Å². The maximum atomic E-state index is 11.9. The van der Waals surface area contributed by atoms with Crippen molar-refractivity contribution in [1.29, 1.82) is 0 Å². The number of hydrogen-bond acceptors (Lipinski definition) is 6. The molecule has 0 aromatic heterocycles. The van der Waals surface area contributed by atoms with Crippen LogP contribution in [0.1, 0.15) is 17.5 Å². The van der Waals surface area contributed by atoms with Gasteiger partial charge in [-0.3, -0.25) is 9.59 Å². The number of carbonyl (C=O) groups is 2. The van der Waals surface area contributed by atoms with Crippen LogP contribution in [0, 0.1) is 0 Å². The third kappa shape index (κ3) is 6.60. The van der Waals surface area contributed by atoms with E-state index in [1.807, 2.05) is 0 Å². The first-order valence-corrected chi connectivity index (χ1v) is 8.08. The van der Waals surface area contributed by atoms with Gasteiger partial charge in [0.05, 0.1) is 20.6 Å². The third-order valence-corrected chi connectivity index (χ3v) is 3.68. The predicted octanol–water partition coefficient (Wildman–Crippen LogP) is 3.37. The Hall–Kier alpha value is -3.05. The van der Waals surface area contributed by atoms with Gasteiger partial charge in [-0.1, -0.05) is 24.3 Å². The largest absolute Gasteiger partial charge is 0.504 e. The van der Waals surface area contributed by atoms with Crippen molar-refractivity contribution in [1.82, 2.24) is 0 Å². The molecule has 28 heavy (non-hydrogen) atoms. The van der Waals surface area contributed by atoms with Crippen molar-refractivity contribution in [3.8, 4) is 23.0 Å². The van der Waals surface area contributed by atoms with Gasteiger partial charge in [-0.2, -0.15) is 0 Å². The molecule has 2 rings (SSSR count). The molecule has 7 heteroatoms. The van der Waals surface area contributed by atoms with Crippen LogP contribution < -0.4 is 9.47 Å². The molecule has 0 unspecified atom stereocenters. The summed E-state index contributed by atoms with van der Waals surface area (Å²) < 4.78 is 10.00. The third-order valence-electron chi connectivity index (χ3n) is 3.68. The SMILES string of the molecule is COc1cc(/C=C/C(=O)CC(=O)/C=C/c2ccc(O)c(OC)c2)ccc1O.[Ni]. The van der Waals surface area contributed by atoms with Gasteiger partial charge in [-0.25, -0.2) is 0 Å². The summed E-state index contributed by atoms with van der Waals surface area (Å²) in [5.74, 6) is -0.0832. The Morgan fingerprint density at radius 1 is 0.821 bits per heavy atom. The van der Waals surface area contributed by atoms with E-state index < -0.39 is 0 Å². The standard InChI is InChI=1S/C21H20O6.Ni/c1-26-20-11-14(5-9-18(20)24)3-7-16(22)13-17(23)8-4-15-6-10-19(25)21(12-15)27-2;/h3-12,24-25H,13H2,1-2H3;/b7-3+,8-4+;. The molecule has 0 atom stereocenters. The quantitative estimate of drug-likeness (QED) is 0.382. The van der Waals surface area contributed by atoms with Crippen molar-refractivity contribution >= 4 is 23.7 Å². The number of phenols is 2. The van der Waals surface area contributed by atoms with Crippen LogP contribution in [0.5, 0.6) is 23.0 Å². The molecule has 150 valence electrons. The number of carbonyl (C=O) groups excluding carboxylic acids is 2.